The summed E-state index contributed by atoms with van der Waals surface area (Å²) < 4.78 is 40.1. The first kappa shape index (κ1) is 25.8. The number of sulfone groups is 1. The van der Waals surface area contributed by atoms with Gasteiger partial charge in [-0.15, -0.1) is 11.3 Å². The Hall–Kier alpha value is -3.28. The van der Waals surface area contributed by atoms with Gasteiger partial charge in [0.25, 0.3) is 17.7 Å². The van der Waals surface area contributed by atoms with E-state index >= 15 is 0 Å². The topological polar surface area (TPSA) is 104 Å². The summed E-state index contributed by atoms with van der Waals surface area (Å²) in [6.07, 6.45) is 0. The number of benzene rings is 2. The Morgan fingerprint density at radius 3 is 2.17 bits per heavy atom. The number of nitrogens with zero attached hydrogens (tertiary/aromatic N) is 2. The van der Waals surface area contributed by atoms with E-state index in [0.717, 1.165) is 35.6 Å². The number of rotatable bonds is 6. The molecule has 0 saturated carbocycles. The van der Waals surface area contributed by atoms with Gasteiger partial charge in [0.05, 0.1) is 20.4 Å². The van der Waals surface area contributed by atoms with E-state index in [0.29, 0.717) is 10.6 Å². The molecule has 12 heteroatoms. The number of carbonyl (C=O) groups is 3. The minimum absolute atomic E-state index is 0.0549. The van der Waals surface area contributed by atoms with E-state index in [9.17, 15) is 27.2 Å². The van der Waals surface area contributed by atoms with Crippen LogP contribution in [0.4, 0.5) is 4.39 Å². The zero-order valence-corrected chi connectivity index (χ0v) is 21.2. The molecule has 1 N–H and O–H groups in total. The zero-order valence-electron chi connectivity index (χ0n) is 18.8. The minimum Gasteiger partial charge on any atom is -0.336 e. The van der Waals surface area contributed by atoms with Crippen LogP contribution in [-0.2, 0) is 14.6 Å². The molecule has 3 aromatic rings. The van der Waals surface area contributed by atoms with Crippen molar-refractivity contribution in [2.24, 2.45) is 0 Å². The SMILES string of the molecule is O=C(NC(C(=O)N1CCN(C(=O)c2ccccc2Cl)CC1)S(=O)(=O)c1ccc(F)cc1)c1cccs1. The third-order valence-corrected chi connectivity index (χ3v) is 8.73. The molecule has 1 saturated heterocycles. The van der Waals surface area contributed by atoms with Crippen LogP contribution < -0.4 is 5.32 Å². The minimum atomic E-state index is -4.41. The molecule has 4 rings (SSSR count). The highest BCUT2D eigenvalue weighted by molar-refractivity contribution is 7.92. The Morgan fingerprint density at radius 1 is 0.917 bits per heavy atom. The van der Waals surface area contributed by atoms with E-state index in [1.807, 2.05) is 0 Å². The molecule has 2 heterocycles. The van der Waals surface area contributed by atoms with Gasteiger partial charge in [-0.1, -0.05) is 29.8 Å². The van der Waals surface area contributed by atoms with Crippen LogP contribution in [0.25, 0.3) is 0 Å². The summed E-state index contributed by atoms with van der Waals surface area (Å²) in [5.41, 5.74) is 0.332. The van der Waals surface area contributed by atoms with Gasteiger partial charge in [0.1, 0.15) is 5.82 Å². The number of carbonyl (C=O) groups excluding carboxylic acids is 3. The van der Waals surface area contributed by atoms with Crippen molar-refractivity contribution in [2.45, 2.75) is 10.3 Å². The van der Waals surface area contributed by atoms with Gasteiger partial charge in [0, 0.05) is 26.2 Å². The Balaban J connectivity index is 1.54. The maximum absolute atomic E-state index is 13.4. The van der Waals surface area contributed by atoms with E-state index in [2.05, 4.69) is 5.32 Å². The molecule has 1 aliphatic rings. The molecule has 3 amide bonds. The summed E-state index contributed by atoms with van der Waals surface area (Å²) in [5, 5.41) is 2.37. The fraction of sp³-hybridized carbons (Fsp3) is 0.208. The second-order valence-electron chi connectivity index (χ2n) is 7.93. The number of halogens is 2. The molecule has 0 spiro atoms. The van der Waals surface area contributed by atoms with E-state index in [4.69, 9.17) is 11.6 Å². The molecule has 1 aromatic heterocycles. The summed E-state index contributed by atoms with van der Waals surface area (Å²) in [6, 6.07) is 13.8. The molecular formula is C24H21ClFN3O5S2. The van der Waals surface area contributed by atoms with Crippen molar-refractivity contribution in [3.8, 4) is 0 Å². The van der Waals surface area contributed by atoms with E-state index in [-0.39, 0.29) is 41.9 Å². The van der Waals surface area contributed by atoms with Gasteiger partial charge in [-0.25, -0.2) is 12.8 Å². The van der Waals surface area contributed by atoms with Crippen molar-refractivity contribution in [1.82, 2.24) is 15.1 Å². The van der Waals surface area contributed by atoms with Crippen molar-refractivity contribution in [3.05, 3.63) is 87.3 Å². The van der Waals surface area contributed by atoms with Crippen molar-refractivity contribution in [1.29, 1.82) is 0 Å². The Bertz CT molecular complexity index is 1370. The number of thiophene rings is 1. The van der Waals surface area contributed by atoms with Crippen LogP contribution in [-0.4, -0.2) is 67.5 Å². The molecule has 0 aliphatic carbocycles. The van der Waals surface area contributed by atoms with Gasteiger partial charge in [-0.3, -0.25) is 14.4 Å². The highest BCUT2D eigenvalue weighted by atomic mass is 35.5. The van der Waals surface area contributed by atoms with Crippen LogP contribution in [0.5, 0.6) is 0 Å². The summed E-state index contributed by atoms with van der Waals surface area (Å²) >= 11 is 7.22. The van der Waals surface area contributed by atoms with Gasteiger partial charge in [0.15, 0.2) is 0 Å². The highest BCUT2D eigenvalue weighted by Gasteiger charge is 2.40. The normalized spacial score (nSPS) is 14.8. The standard InChI is InChI=1S/C24H21ClFN3O5S2/c25-19-5-2-1-4-18(19)23(31)28-11-13-29(14-12-28)24(32)22(27-21(30)20-6-3-15-35-20)36(33,34)17-9-7-16(26)8-10-17/h1-10,15,22H,11-14H2,(H,27,30). The zero-order chi connectivity index (χ0) is 25.9. The highest BCUT2D eigenvalue weighted by Crippen LogP contribution is 2.21. The number of nitrogens with one attached hydrogen (secondary N) is 1. The average molecular weight is 550 g/mol. The van der Waals surface area contributed by atoms with Crippen molar-refractivity contribution >= 4 is 50.5 Å². The molecule has 36 heavy (non-hydrogen) atoms. The van der Waals surface area contributed by atoms with Crippen LogP contribution >= 0.6 is 22.9 Å². The monoisotopic (exact) mass is 549 g/mol. The van der Waals surface area contributed by atoms with Crippen LogP contribution in [0.15, 0.2) is 70.9 Å². The number of hydrogen-bond acceptors (Lipinski definition) is 6. The quantitative estimate of drug-likeness (QED) is 0.476. The largest absolute Gasteiger partial charge is 0.336 e. The lowest BCUT2D eigenvalue weighted by Gasteiger charge is -2.36. The molecule has 0 bridgehead atoms. The summed E-state index contributed by atoms with van der Waals surface area (Å²) in [5.74, 6) is -2.50. The first-order valence-corrected chi connectivity index (χ1v) is 13.7. The number of hydrogen-bond donors (Lipinski definition) is 1. The molecule has 188 valence electrons. The Labute approximate surface area is 216 Å². The summed E-state index contributed by atoms with van der Waals surface area (Å²) in [4.78, 5) is 41.7. The lowest BCUT2D eigenvalue weighted by molar-refractivity contribution is -0.132. The first-order chi connectivity index (χ1) is 17.2. The lowest BCUT2D eigenvalue weighted by Crippen LogP contribution is -2.57. The van der Waals surface area contributed by atoms with Crippen molar-refractivity contribution in [2.75, 3.05) is 26.2 Å². The van der Waals surface area contributed by atoms with Gasteiger partial charge in [-0.2, -0.15) is 0 Å². The average Bonchev–Trinajstić information content (AvgIpc) is 3.42. The fourth-order valence-electron chi connectivity index (χ4n) is 3.73. The molecule has 1 fully saturated rings. The summed E-state index contributed by atoms with van der Waals surface area (Å²) in [7, 11) is -4.41. The lowest BCUT2D eigenvalue weighted by atomic mass is 10.2. The van der Waals surface area contributed by atoms with E-state index in [1.165, 1.54) is 15.9 Å². The number of piperazine rings is 1. The third-order valence-electron chi connectivity index (χ3n) is 5.67. The molecule has 2 aromatic carbocycles. The van der Waals surface area contributed by atoms with E-state index in [1.54, 1.807) is 35.7 Å². The molecule has 0 radical (unpaired) electrons. The predicted molar refractivity (Wildman–Crippen MR) is 133 cm³/mol. The molecule has 1 atom stereocenters. The van der Waals surface area contributed by atoms with Gasteiger partial charge < -0.3 is 15.1 Å². The van der Waals surface area contributed by atoms with Gasteiger partial charge >= 0.3 is 0 Å². The maximum atomic E-state index is 13.4. The van der Waals surface area contributed by atoms with Crippen molar-refractivity contribution < 1.29 is 27.2 Å². The smallest absolute Gasteiger partial charge is 0.262 e. The summed E-state index contributed by atoms with van der Waals surface area (Å²) in [6.45, 7) is 0.411. The van der Waals surface area contributed by atoms with Gasteiger partial charge in [0.2, 0.25) is 15.2 Å². The van der Waals surface area contributed by atoms with E-state index < -0.39 is 32.8 Å². The Kier molecular flexibility index (Phi) is 7.72. The van der Waals surface area contributed by atoms with Crippen LogP contribution in [0.3, 0.4) is 0 Å². The van der Waals surface area contributed by atoms with Crippen LogP contribution in [0.1, 0.15) is 20.0 Å². The van der Waals surface area contributed by atoms with Crippen LogP contribution in [0.2, 0.25) is 5.02 Å². The molecule has 1 unspecified atom stereocenters. The van der Waals surface area contributed by atoms with Gasteiger partial charge in [-0.05, 0) is 47.8 Å². The number of amides is 3. The van der Waals surface area contributed by atoms with Crippen molar-refractivity contribution in [3.63, 3.8) is 0 Å². The molecule has 1 aliphatic heterocycles. The maximum Gasteiger partial charge on any atom is 0.262 e. The first-order valence-electron chi connectivity index (χ1n) is 10.8. The molecular weight excluding hydrogens is 529 g/mol. The molecule has 8 nitrogen and oxygen atoms in total. The second kappa shape index (κ2) is 10.8. The second-order valence-corrected chi connectivity index (χ2v) is 11.3. The van der Waals surface area contributed by atoms with Crippen LogP contribution in [0, 0.1) is 5.82 Å². The fourth-order valence-corrected chi connectivity index (χ4v) is 6.04. The third kappa shape index (κ3) is 5.43. The Morgan fingerprint density at radius 2 is 1.56 bits per heavy atom. The predicted octanol–water partition coefficient (Wildman–Crippen LogP) is 3.06.